The molecule has 2 atom stereocenters. The van der Waals surface area contributed by atoms with Crippen LogP contribution in [0.2, 0.25) is 0 Å². The molecule has 2 aliphatic rings. The van der Waals surface area contributed by atoms with Crippen LogP contribution in [-0.4, -0.2) is 26.0 Å². The van der Waals surface area contributed by atoms with Crippen LogP contribution in [0.15, 0.2) is 11.6 Å². The van der Waals surface area contributed by atoms with Crippen LogP contribution in [0, 0.1) is 10.8 Å². The first-order valence-corrected chi connectivity index (χ1v) is 6.65. The van der Waals surface area contributed by atoms with Gasteiger partial charge in [-0.3, -0.25) is 4.79 Å². The molecule has 2 rings (SSSR count). The van der Waals surface area contributed by atoms with Gasteiger partial charge in [-0.05, 0) is 45.1 Å². The van der Waals surface area contributed by atoms with Crippen LogP contribution in [-0.2, 0) is 4.79 Å². The van der Waals surface area contributed by atoms with Crippen molar-refractivity contribution in [2.45, 2.75) is 39.5 Å². The van der Waals surface area contributed by atoms with Gasteiger partial charge in [0.05, 0.1) is 5.41 Å². The largest absolute Gasteiger partial charge is 0.354 e. The minimum Gasteiger partial charge on any atom is -0.354 e. The molecule has 3 nitrogen and oxygen atoms in total. The molecule has 0 saturated heterocycles. The fraction of sp³-hybridized carbons (Fsp3) is 0.786. The maximum atomic E-state index is 12.3. The van der Waals surface area contributed by atoms with E-state index in [4.69, 9.17) is 0 Å². The van der Waals surface area contributed by atoms with E-state index in [1.165, 1.54) is 12.0 Å². The van der Waals surface area contributed by atoms with Gasteiger partial charge < -0.3 is 10.6 Å². The van der Waals surface area contributed by atoms with Crippen LogP contribution >= 0.6 is 0 Å². The van der Waals surface area contributed by atoms with Crippen molar-refractivity contribution in [1.82, 2.24) is 10.6 Å². The van der Waals surface area contributed by atoms with E-state index in [1.54, 1.807) is 0 Å². The highest BCUT2D eigenvalue weighted by Gasteiger charge is 2.57. The van der Waals surface area contributed by atoms with Crippen molar-refractivity contribution in [3.05, 3.63) is 11.6 Å². The van der Waals surface area contributed by atoms with Crippen molar-refractivity contribution in [2.24, 2.45) is 10.8 Å². The van der Waals surface area contributed by atoms with Gasteiger partial charge in [-0.2, -0.15) is 0 Å². The number of fused-ring (bicyclic) bond motifs is 2. The number of carbonyl (C=O) groups is 1. The maximum Gasteiger partial charge on any atom is 0.226 e. The molecule has 96 valence electrons. The van der Waals surface area contributed by atoms with Gasteiger partial charge in [0, 0.05) is 13.1 Å². The molecule has 1 amide bonds. The van der Waals surface area contributed by atoms with E-state index >= 15 is 0 Å². The number of likely N-dealkylation sites (N-methyl/N-ethyl adjacent to an activating group) is 1. The molecule has 2 saturated carbocycles. The summed E-state index contributed by atoms with van der Waals surface area (Å²) in [6.45, 7) is 6.00. The van der Waals surface area contributed by atoms with Crippen molar-refractivity contribution < 1.29 is 4.79 Å². The number of carbonyl (C=O) groups excluding carboxylic acids is 1. The fourth-order valence-electron chi connectivity index (χ4n) is 3.65. The number of allylic oxidation sites excluding steroid dienone is 2. The third-order valence-corrected chi connectivity index (χ3v) is 4.68. The molecule has 0 heterocycles. The zero-order chi connectivity index (χ0) is 12.5. The summed E-state index contributed by atoms with van der Waals surface area (Å²) in [6.07, 6.45) is 6.48. The summed E-state index contributed by atoms with van der Waals surface area (Å²) in [4.78, 5) is 12.3. The molecule has 2 N–H and O–H groups in total. The molecule has 0 aromatic rings. The monoisotopic (exact) mass is 236 g/mol. The summed E-state index contributed by atoms with van der Waals surface area (Å²) in [5.74, 6) is 0.272. The van der Waals surface area contributed by atoms with Gasteiger partial charge in [-0.15, -0.1) is 0 Å². The molecular weight excluding hydrogens is 212 g/mol. The molecular formula is C14H24N2O. The van der Waals surface area contributed by atoms with Gasteiger partial charge in [0.1, 0.15) is 0 Å². The molecule has 0 aromatic heterocycles. The number of nitrogens with one attached hydrogen (secondary N) is 2. The minimum absolute atomic E-state index is 0.0929. The minimum atomic E-state index is -0.0929. The Morgan fingerprint density at radius 2 is 2.18 bits per heavy atom. The quantitative estimate of drug-likeness (QED) is 0.578. The smallest absolute Gasteiger partial charge is 0.226 e. The molecule has 2 unspecified atom stereocenters. The normalized spacial score (nSPS) is 37.7. The molecule has 0 aliphatic heterocycles. The standard InChI is InChI=1S/C14H24N2O/c1-4-11-9-14(6-5-13(11,2)10-14)12(17)16-8-7-15-3/h4,15H,5-10H2,1-3H3,(H,16,17)/b11-4-. The Morgan fingerprint density at radius 3 is 2.76 bits per heavy atom. The molecule has 0 aromatic carbocycles. The van der Waals surface area contributed by atoms with E-state index in [1.807, 2.05) is 7.05 Å². The van der Waals surface area contributed by atoms with Crippen LogP contribution in [0.3, 0.4) is 0 Å². The van der Waals surface area contributed by atoms with Crippen molar-refractivity contribution in [2.75, 3.05) is 20.1 Å². The van der Waals surface area contributed by atoms with E-state index in [-0.39, 0.29) is 11.3 Å². The highest BCUT2D eigenvalue weighted by atomic mass is 16.2. The third kappa shape index (κ3) is 2.01. The Hall–Kier alpha value is -0.830. The van der Waals surface area contributed by atoms with Crippen LogP contribution in [0.5, 0.6) is 0 Å². The predicted molar refractivity (Wildman–Crippen MR) is 69.7 cm³/mol. The molecule has 0 radical (unpaired) electrons. The Balaban J connectivity index is 2.04. The number of hydrogen-bond acceptors (Lipinski definition) is 2. The van der Waals surface area contributed by atoms with E-state index in [0.29, 0.717) is 5.41 Å². The van der Waals surface area contributed by atoms with Gasteiger partial charge >= 0.3 is 0 Å². The van der Waals surface area contributed by atoms with Gasteiger partial charge in [0.2, 0.25) is 5.91 Å². The predicted octanol–water partition coefficient (Wildman–Crippen LogP) is 1.85. The molecule has 0 spiro atoms. The first-order valence-electron chi connectivity index (χ1n) is 6.65. The summed E-state index contributed by atoms with van der Waals surface area (Å²) in [5.41, 5.74) is 1.70. The van der Waals surface area contributed by atoms with Crippen LogP contribution in [0.25, 0.3) is 0 Å². The zero-order valence-corrected chi connectivity index (χ0v) is 11.2. The fourth-order valence-corrected chi connectivity index (χ4v) is 3.65. The topological polar surface area (TPSA) is 41.1 Å². The first kappa shape index (κ1) is 12.6. The van der Waals surface area contributed by atoms with Crippen LogP contribution < -0.4 is 10.6 Å². The molecule has 17 heavy (non-hydrogen) atoms. The van der Waals surface area contributed by atoms with E-state index in [9.17, 15) is 4.79 Å². The maximum absolute atomic E-state index is 12.3. The summed E-state index contributed by atoms with van der Waals surface area (Å²) in [5, 5.41) is 6.13. The number of rotatable bonds is 4. The lowest BCUT2D eigenvalue weighted by molar-refractivity contribution is -0.130. The van der Waals surface area contributed by atoms with Gasteiger partial charge in [-0.1, -0.05) is 18.6 Å². The summed E-state index contributed by atoms with van der Waals surface area (Å²) in [6, 6.07) is 0. The molecule has 2 bridgehead atoms. The van der Waals surface area contributed by atoms with E-state index < -0.39 is 0 Å². The lowest BCUT2D eigenvalue weighted by atomic mass is 9.78. The summed E-state index contributed by atoms with van der Waals surface area (Å²) < 4.78 is 0. The highest BCUT2D eigenvalue weighted by molar-refractivity contribution is 5.84. The second kappa shape index (κ2) is 4.45. The van der Waals surface area contributed by atoms with Gasteiger partial charge in [-0.25, -0.2) is 0 Å². The third-order valence-electron chi connectivity index (χ3n) is 4.68. The zero-order valence-electron chi connectivity index (χ0n) is 11.2. The number of amides is 1. The van der Waals surface area contributed by atoms with Crippen LogP contribution in [0.1, 0.15) is 39.5 Å². The molecule has 2 fully saturated rings. The Bertz CT molecular complexity index is 350. The molecule has 2 aliphatic carbocycles. The summed E-state index contributed by atoms with van der Waals surface area (Å²) >= 11 is 0. The van der Waals surface area contributed by atoms with Crippen molar-refractivity contribution in [3.8, 4) is 0 Å². The van der Waals surface area contributed by atoms with Gasteiger partial charge in [0.25, 0.3) is 0 Å². The highest BCUT2D eigenvalue weighted by Crippen LogP contribution is 2.64. The Labute approximate surface area is 104 Å². The number of hydrogen-bond donors (Lipinski definition) is 2. The van der Waals surface area contributed by atoms with Crippen molar-refractivity contribution in [3.63, 3.8) is 0 Å². The average Bonchev–Trinajstić information content (AvgIpc) is 2.81. The first-order chi connectivity index (χ1) is 8.06. The van der Waals surface area contributed by atoms with Crippen molar-refractivity contribution in [1.29, 1.82) is 0 Å². The van der Waals surface area contributed by atoms with E-state index in [2.05, 4.69) is 30.6 Å². The SMILES string of the molecule is C/C=C1/CC2(C(=O)NCCNC)CCC1(C)C2. The van der Waals surface area contributed by atoms with Gasteiger partial charge in [0.15, 0.2) is 0 Å². The summed E-state index contributed by atoms with van der Waals surface area (Å²) in [7, 11) is 1.91. The Morgan fingerprint density at radius 1 is 1.41 bits per heavy atom. The second-order valence-corrected chi connectivity index (χ2v) is 5.87. The second-order valence-electron chi connectivity index (χ2n) is 5.87. The Kier molecular flexibility index (Phi) is 3.30. The van der Waals surface area contributed by atoms with Crippen molar-refractivity contribution >= 4 is 5.91 Å². The average molecular weight is 236 g/mol. The lowest BCUT2D eigenvalue weighted by Crippen LogP contribution is -2.40. The van der Waals surface area contributed by atoms with E-state index in [0.717, 1.165) is 32.4 Å². The van der Waals surface area contributed by atoms with Crippen LogP contribution in [0.4, 0.5) is 0 Å². The molecule has 3 heteroatoms. The lowest BCUT2D eigenvalue weighted by Gasteiger charge is -2.27.